The van der Waals surface area contributed by atoms with E-state index >= 15 is 0 Å². The van der Waals surface area contributed by atoms with E-state index in [9.17, 15) is 0 Å². The van der Waals surface area contributed by atoms with Gasteiger partial charge in [-0.3, -0.25) is 0 Å². The summed E-state index contributed by atoms with van der Waals surface area (Å²) in [6, 6.07) is 3.73. The van der Waals surface area contributed by atoms with Crippen LogP contribution in [-0.2, 0) is 5.54 Å². The summed E-state index contributed by atoms with van der Waals surface area (Å²) >= 11 is 0. The molecule has 1 aliphatic carbocycles. The second-order valence-electron chi connectivity index (χ2n) is 5.30. The largest absolute Gasteiger partial charge is 0.327 e. The van der Waals surface area contributed by atoms with E-state index in [4.69, 9.17) is 11.5 Å². The molecule has 0 bridgehead atoms. The first-order valence-electron chi connectivity index (χ1n) is 6.78. The Morgan fingerprint density at radius 1 is 1.10 bits per heavy atom. The van der Waals surface area contributed by atoms with Crippen LogP contribution in [0.1, 0.15) is 36.6 Å². The lowest BCUT2D eigenvalue weighted by Crippen LogP contribution is -2.53. The quantitative estimate of drug-likeness (QED) is 0.833. The number of rotatable bonds is 2. The summed E-state index contributed by atoms with van der Waals surface area (Å²) in [5.41, 5.74) is 14.2. The molecular weight excluding hydrogens is 252 g/mol. The summed E-state index contributed by atoms with van der Waals surface area (Å²) in [6.45, 7) is 0. The van der Waals surface area contributed by atoms with E-state index in [1.54, 1.807) is 12.4 Å². The number of nitrogens with zero attached hydrogens (tertiary/aromatic N) is 4. The van der Waals surface area contributed by atoms with Crippen LogP contribution < -0.4 is 11.5 Å². The molecule has 3 atom stereocenters. The summed E-state index contributed by atoms with van der Waals surface area (Å²) in [5.74, 6) is -0.0610. The minimum absolute atomic E-state index is 0.0291. The molecule has 1 aliphatic rings. The molecule has 1 saturated carbocycles. The molecule has 4 N–H and O–H groups in total. The Balaban J connectivity index is 2.07. The predicted octanol–water partition coefficient (Wildman–Crippen LogP) is 0.716. The molecule has 3 rings (SSSR count). The topological polar surface area (TPSA) is 104 Å². The maximum atomic E-state index is 6.72. The Kier molecular flexibility index (Phi) is 3.42. The molecule has 3 unspecified atom stereocenters. The van der Waals surface area contributed by atoms with Crippen LogP contribution in [0.5, 0.6) is 0 Å². The van der Waals surface area contributed by atoms with Crippen molar-refractivity contribution in [2.45, 2.75) is 36.8 Å². The fourth-order valence-electron chi connectivity index (χ4n) is 3.16. The second-order valence-corrected chi connectivity index (χ2v) is 5.30. The van der Waals surface area contributed by atoms with Crippen molar-refractivity contribution in [2.75, 3.05) is 0 Å². The van der Waals surface area contributed by atoms with Gasteiger partial charge in [0.1, 0.15) is 12.7 Å². The van der Waals surface area contributed by atoms with Crippen LogP contribution in [0.15, 0.2) is 37.2 Å². The Morgan fingerprint density at radius 2 is 1.85 bits per heavy atom. The zero-order valence-electron chi connectivity index (χ0n) is 11.2. The van der Waals surface area contributed by atoms with Gasteiger partial charge in [0.2, 0.25) is 0 Å². The Morgan fingerprint density at radius 3 is 2.50 bits per heavy atom. The normalized spacial score (nSPS) is 30.1. The zero-order valence-corrected chi connectivity index (χ0v) is 11.2. The van der Waals surface area contributed by atoms with E-state index in [-0.39, 0.29) is 12.0 Å². The smallest absolute Gasteiger partial charge is 0.115 e. The lowest BCUT2D eigenvalue weighted by Gasteiger charge is -2.43. The van der Waals surface area contributed by atoms with Gasteiger partial charge in [0, 0.05) is 24.4 Å². The van der Waals surface area contributed by atoms with E-state index in [2.05, 4.69) is 19.9 Å². The third kappa shape index (κ3) is 2.17. The number of aromatic nitrogens is 4. The van der Waals surface area contributed by atoms with Gasteiger partial charge >= 0.3 is 0 Å². The molecule has 2 aromatic heterocycles. The van der Waals surface area contributed by atoms with E-state index in [0.29, 0.717) is 0 Å². The molecule has 2 heterocycles. The van der Waals surface area contributed by atoms with Crippen molar-refractivity contribution in [1.82, 2.24) is 19.9 Å². The lowest BCUT2D eigenvalue weighted by atomic mass is 9.67. The summed E-state index contributed by atoms with van der Waals surface area (Å²) in [5, 5.41) is 0. The standard InChI is InChI=1S/C14H18N6/c15-10-2-1-5-14(16,12-4-7-18-9-20-12)13(10)11-3-6-17-8-19-11/h3-4,6-10,13H,1-2,5,15-16H2. The highest BCUT2D eigenvalue weighted by molar-refractivity contribution is 5.27. The van der Waals surface area contributed by atoms with Gasteiger partial charge in [-0.25, -0.2) is 19.9 Å². The van der Waals surface area contributed by atoms with Crippen LogP contribution in [0.3, 0.4) is 0 Å². The summed E-state index contributed by atoms with van der Waals surface area (Å²) in [6.07, 6.45) is 9.28. The van der Waals surface area contributed by atoms with Crippen molar-refractivity contribution >= 4 is 0 Å². The fourth-order valence-corrected chi connectivity index (χ4v) is 3.16. The molecule has 104 valence electrons. The van der Waals surface area contributed by atoms with E-state index in [1.165, 1.54) is 12.7 Å². The molecule has 20 heavy (non-hydrogen) atoms. The molecular formula is C14H18N6. The first-order valence-corrected chi connectivity index (χ1v) is 6.78. The fraction of sp³-hybridized carbons (Fsp3) is 0.429. The average molecular weight is 270 g/mol. The van der Waals surface area contributed by atoms with E-state index < -0.39 is 5.54 Å². The van der Waals surface area contributed by atoms with Crippen LogP contribution in [0, 0.1) is 0 Å². The van der Waals surface area contributed by atoms with Crippen LogP contribution in [0.25, 0.3) is 0 Å². The van der Waals surface area contributed by atoms with E-state index in [0.717, 1.165) is 30.7 Å². The van der Waals surface area contributed by atoms with Gasteiger partial charge in [-0.05, 0) is 31.4 Å². The van der Waals surface area contributed by atoms with Gasteiger partial charge in [0.25, 0.3) is 0 Å². The molecule has 0 spiro atoms. The predicted molar refractivity (Wildman–Crippen MR) is 74.5 cm³/mol. The van der Waals surface area contributed by atoms with Gasteiger partial charge in [-0.1, -0.05) is 0 Å². The molecule has 1 fully saturated rings. The molecule has 0 saturated heterocycles. The number of hydrogen-bond donors (Lipinski definition) is 2. The molecule has 2 aromatic rings. The third-order valence-corrected chi connectivity index (χ3v) is 4.09. The van der Waals surface area contributed by atoms with Crippen LogP contribution in [0.4, 0.5) is 0 Å². The van der Waals surface area contributed by atoms with Crippen molar-refractivity contribution in [3.05, 3.63) is 48.6 Å². The second kappa shape index (κ2) is 5.22. The highest BCUT2D eigenvalue weighted by Gasteiger charge is 2.45. The first-order chi connectivity index (χ1) is 9.72. The minimum atomic E-state index is -0.602. The van der Waals surface area contributed by atoms with E-state index in [1.807, 2.05) is 12.1 Å². The Bertz CT molecular complexity index is 560. The van der Waals surface area contributed by atoms with Gasteiger partial charge in [-0.2, -0.15) is 0 Å². The average Bonchev–Trinajstić information content (AvgIpc) is 2.49. The Hall–Kier alpha value is -1.92. The molecule has 6 heteroatoms. The van der Waals surface area contributed by atoms with Crippen molar-refractivity contribution in [2.24, 2.45) is 11.5 Å². The Labute approximate surface area is 117 Å². The van der Waals surface area contributed by atoms with Gasteiger partial charge in [-0.15, -0.1) is 0 Å². The molecule has 0 aliphatic heterocycles. The van der Waals surface area contributed by atoms with Gasteiger partial charge in [0.05, 0.1) is 16.9 Å². The van der Waals surface area contributed by atoms with Crippen LogP contribution in [-0.4, -0.2) is 26.0 Å². The van der Waals surface area contributed by atoms with Crippen molar-refractivity contribution in [1.29, 1.82) is 0 Å². The van der Waals surface area contributed by atoms with Crippen molar-refractivity contribution in [3.63, 3.8) is 0 Å². The highest BCUT2D eigenvalue weighted by atomic mass is 14.9. The maximum Gasteiger partial charge on any atom is 0.115 e. The number of nitrogens with two attached hydrogens (primary N) is 2. The summed E-state index contributed by atoms with van der Waals surface area (Å²) < 4.78 is 0. The molecule has 0 radical (unpaired) electrons. The first kappa shape index (κ1) is 13.1. The summed E-state index contributed by atoms with van der Waals surface area (Å²) in [4.78, 5) is 16.6. The zero-order chi connectivity index (χ0) is 14.0. The minimum Gasteiger partial charge on any atom is -0.327 e. The SMILES string of the molecule is NC1CCCC(N)(c2ccncn2)C1c1ccncn1. The maximum absolute atomic E-state index is 6.72. The lowest BCUT2D eigenvalue weighted by molar-refractivity contribution is 0.216. The number of hydrogen-bond acceptors (Lipinski definition) is 6. The van der Waals surface area contributed by atoms with Gasteiger partial charge in [0.15, 0.2) is 0 Å². The van der Waals surface area contributed by atoms with Crippen molar-refractivity contribution in [3.8, 4) is 0 Å². The monoisotopic (exact) mass is 270 g/mol. The highest BCUT2D eigenvalue weighted by Crippen LogP contribution is 2.43. The third-order valence-electron chi connectivity index (χ3n) is 4.09. The molecule has 0 aromatic carbocycles. The molecule has 6 nitrogen and oxygen atoms in total. The summed E-state index contributed by atoms with van der Waals surface area (Å²) in [7, 11) is 0. The van der Waals surface area contributed by atoms with Crippen molar-refractivity contribution < 1.29 is 0 Å². The van der Waals surface area contributed by atoms with Crippen LogP contribution in [0.2, 0.25) is 0 Å². The molecule has 0 amide bonds. The van der Waals surface area contributed by atoms with Gasteiger partial charge < -0.3 is 11.5 Å². The van der Waals surface area contributed by atoms with Crippen LogP contribution >= 0.6 is 0 Å².